The molecule has 0 spiro atoms. The van der Waals surface area contributed by atoms with Crippen molar-refractivity contribution < 1.29 is 14.0 Å². The number of nitrogens with two attached hydrogens (primary N) is 1. The first-order valence-electron chi connectivity index (χ1n) is 6.54. The lowest BCUT2D eigenvalue weighted by molar-refractivity contribution is 0.0644. The minimum atomic E-state index is -0.548. The second kappa shape index (κ2) is 5.10. The van der Waals surface area contributed by atoms with Crippen LogP contribution in [0.25, 0.3) is 0 Å². The third kappa shape index (κ3) is 2.32. The molecule has 3 rings (SSSR count). The third-order valence-electron chi connectivity index (χ3n) is 3.56. The average molecular weight is 284 g/mol. The van der Waals surface area contributed by atoms with Crippen LogP contribution in [0.1, 0.15) is 32.3 Å². The number of rotatable bonds is 3. The summed E-state index contributed by atoms with van der Waals surface area (Å²) in [5, 5.41) is 0. The Balaban J connectivity index is 1.82. The molecule has 2 aromatic carbocycles. The van der Waals surface area contributed by atoms with Crippen molar-refractivity contribution in [3.8, 4) is 0 Å². The topological polar surface area (TPSA) is 63.4 Å². The number of hydrogen-bond donors (Lipinski definition) is 1. The summed E-state index contributed by atoms with van der Waals surface area (Å²) in [6, 6.07) is 11.8. The van der Waals surface area contributed by atoms with E-state index in [1.807, 2.05) is 0 Å². The van der Waals surface area contributed by atoms with Gasteiger partial charge in [-0.15, -0.1) is 0 Å². The van der Waals surface area contributed by atoms with Gasteiger partial charge < -0.3 is 5.73 Å². The van der Waals surface area contributed by atoms with Gasteiger partial charge in [-0.2, -0.15) is 0 Å². The Morgan fingerprint density at radius 3 is 2.00 bits per heavy atom. The summed E-state index contributed by atoms with van der Waals surface area (Å²) in [6.45, 7) is 0.0674. The fourth-order valence-electron chi connectivity index (χ4n) is 2.42. The monoisotopic (exact) mass is 284 g/mol. The molecule has 0 fully saturated rings. The van der Waals surface area contributed by atoms with Gasteiger partial charge in [0.2, 0.25) is 0 Å². The molecular formula is C16H13FN2O2. The molecule has 2 amide bonds. The van der Waals surface area contributed by atoms with E-state index in [9.17, 15) is 14.0 Å². The summed E-state index contributed by atoms with van der Waals surface area (Å²) in [5.41, 5.74) is 7.48. The van der Waals surface area contributed by atoms with Crippen LogP contribution in [0, 0.1) is 5.82 Å². The summed E-state index contributed by atoms with van der Waals surface area (Å²) in [7, 11) is 0. The van der Waals surface area contributed by atoms with Gasteiger partial charge in [-0.05, 0) is 29.8 Å². The van der Waals surface area contributed by atoms with E-state index >= 15 is 0 Å². The van der Waals surface area contributed by atoms with Gasteiger partial charge >= 0.3 is 0 Å². The van der Waals surface area contributed by atoms with Crippen molar-refractivity contribution in [1.82, 2.24) is 4.90 Å². The SMILES string of the molecule is N[C@H](CN1C(=O)c2ccccc2C1=O)c1ccc(F)cc1. The fourth-order valence-corrected chi connectivity index (χ4v) is 2.42. The summed E-state index contributed by atoms with van der Waals surface area (Å²) < 4.78 is 12.9. The van der Waals surface area contributed by atoms with Crippen LogP contribution in [0.5, 0.6) is 0 Å². The third-order valence-corrected chi connectivity index (χ3v) is 3.56. The molecule has 0 unspecified atom stereocenters. The van der Waals surface area contributed by atoms with Gasteiger partial charge in [0, 0.05) is 12.6 Å². The fraction of sp³-hybridized carbons (Fsp3) is 0.125. The Morgan fingerprint density at radius 1 is 0.952 bits per heavy atom. The first kappa shape index (κ1) is 13.5. The van der Waals surface area contributed by atoms with Crippen LogP contribution in [0.15, 0.2) is 48.5 Å². The number of benzene rings is 2. The van der Waals surface area contributed by atoms with Crippen LogP contribution in [-0.4, -0.2) is 23.3 Å². The van der Waals surface area contributed by atoms with Crippen LogP contribution in [-0.2, 0) is 0 Å². The smallest absolute Gasteiger partial charge is 0.261 e. The second-order valence-electron chi connectivity index (χ2n) is 4.92. The molecule has 0 saturated heterocycles. The van der Waals surface area contributed by atoms with E-state index in [1.54, 1.807) is 36.4 Å². The molecule has 1 aliphatic rings. The second-order valence-corrected chi connectivity index (χ2v) is 4.92. The van der Waals surface area contributed by atoms with Gasteiger partial charge in [0.1, 0.15) is 5.82 Å². The average Bonchev–Trinajstić information content (AvgIpc) is 2.73. The van der Waals surface area contributed by atoms with Crippen LogP contribution >= 0.6 is 0 Å². The highest BCUT2D eigenvalue weighted by Crippen LogP contribution is 2.24. The van der Waals surface area contributed by atoms with E-state index in [1.165, 1.54) is 12.1 Å². The predicted octanol–water partition coefficient (Wildman–Crippen LogP) is 2.12. The normalized spacial score (nSPS) is 15.2. The number of hydrogen-bond acceptors (Lipinski definition) is 3. The molecule has 0 bridgehead atoms. The maximum Gasteiger partial charge on any atom is 0.261 e. The minimum Gasteiger partial charge on any atom is -0.322 e. The first-order chi connectivity index (χ1) is 10.1. The Hall–Kier alpha value is -2.53. The van der Waals surface area contributed by atoms with Gasteiger partial charge in [0.25, 0.3) is 11.8 Å². The van der Waals surface area contributed by atoms with Crippen LogP contribution in [0.4, 0.5) is 4.39 Å². The van der Waals surface area contributed by atoms with Crippen molar-refractivity contribution in [2.45, 2.75) is 6.04 Å². The lowest BCUT2D eigenvalue weighted by Gasteiger charge is -2.19. The number of nitrogens with zero attached hydrogens (tertiary/aromatic N) is 1. The van der Waals surface area contributed by atoms with Gasteiger partial charge in [-0.3, -0.25) is 14.5 Å². The van der Waals surface area contributed by atoms with Crippen molar-refractivity contribution in [3.05, 3.63) is 71.0 Å². The molecule has 0 aromatic heterocycles. The molecule has 1 aliphatic heterocycles. The Kier molecular flexibility index (Phi) is 3.27. The zero-order chi connectivity index (χ0) is 15.0. The maximum absolute atomic E-state index is 12.9. The molecule has 4 nitrogen and oxygen atoms in total. The molecule has 5 heteroatoms. The van der Waals surface area contributed by atoms with E-state index < -0.39 is 6.04 Å². The number of halogens is 1. The zero-order valence-electron chi connectivity index (χ0n) is 11.1. The molecule has 0 radical (unpaired) electrons. The summed E-state index contributed by atoms with van der Waals surface area (Å²) in [6.07, 6.45) is 0. The molecule has 1 heterocycles. The van der Waals surface area contributed by atoms with E-state index in [4.69, 9.17) is 5.73 Å². The molecule has 106 valence electrons. The van der Waals surface area contributed by atoms with Gasteiger partial charge in [0.15, 0.2) is 0 Å². The summed E-state index contributed by atoms with van der Waals surface area (Å²) in [4.78, 5) is 25.6. The Labute approximate surface area is 121 Å². The largest absolute Gasteiger partial charge is 0.322 e. The molecular weight excluding hydrogens is 271 g/mol. The summed E-state index contributed by atoms with van der Waals surface area (Å²) in [5.74, 6) is -1.03. The molecule has 2 aromatic rings. The highest BCUT2D eigenvalue weighted by molar-refractivity contribution is 6.21. The van der Waals surface area contributed by atoms with E-state index in [-0.39, 0.29) is 24.2 Å². The van der Waals surface area contributed by atoms with E-state index in [0.29, 0.717) is 16.7 Å². The number of carbonyl (C=O) groups is 2. The minimum absolute atomic E-state index is 0.0674. The quantitative estimate of drug-likeness (QED) is 0.878. The number of amides is 2. The number of imide groups is 1. The highest BCUT2D eigenvalue weighted by Gasteiger charge is 2.35. The van der Waals surface area contributed by atoms with Crippen molar-refractivity contribution in [1.29, 1.82) is 0 Å². The van der Waals surface area contributed by atoms with Crippen LogP contribution < -0.4 is 5.73 Å². The Morgan fingerprint density at radius 2 is 1.48 bits per heavy atom. The molecule has 1 atom stereocenters. The zero-order valence-corrected chi connectivity index (χ0v) is 11.1. The Bertz CT molecular complexity index is 677. The van der Waals surface area contributed by atoms with Crippen molar-refractivity contribution in [2.75, 3.05) is 6.54 Å². The number of carbonyl (C=O) groups excluding carboxylic acids is 2. The van der Waals surface area contributed by atoms with Gasteiger partial charge in [-0.1, -0.05) is 24.3 Å². The molecule has 2 N–H and O–H groups in total. The van der Waals surface area contributed by atoms with Crippen molar-refractivity contribution in [2.24, 2.45) is 5.73 Å². The highest BCUT2D eigenvalue weighted by atomic mass is 19.1. The van der Waals surface area contributed by atoms with Crippen LogP contribution in [0.3, 0.4) is 0 Å². The van der Waals surface area contributed by atoms with E-state index in [2.05, 4.69) is 0 Å². The van der Waals surface area contributed by atoms with Gasteiger partial charge in [0.05, 0.1) is 11.1 Å². The van der Waals surface area contributed by atoms with Gasteiger partial charge in [-0.25, -0.2) is 4.39 Å². The predicted molar refractivity (Wildman–Crippen MR) is 75.1 cm³/mol. The molecule has 21 heavy (non-hydrogen) atoms. The van der Waals surface area contributed by atoms with E-state index in [0.717, 1.165) is 4.90 Å². The van der Waals surface area contributed by atoms with Crippen molar-refractivity contribution >= 4 is 11.8 Å². The lowest BCUT2D eigenvalue weighted by atomic mass is 10.1. The number of fused-ring (bicyclic) bond motifs is 1. The van der Waals surface area contributed by atoms with Crippen LogP contribution in [0.2, 0.25) is 0 Å². The first-order valence-corrected chi connectivity index (χ1v) is 6.54. The maximum atomic E-state index is 12.9. The standard InChI is InChI=1S/C16H13FN2O2/c17-11-7-5-10(6-8-11)14(18)9-19-15(20)12-3-1-2-4-13(12)16(19)21/h1-8,14H,9,18H2/t14-/m1/s1. The molecule has 0 saturated carbocycles. The summed E-state index contributed by atoms with van der Waals surface area (Å²) >= 11 is 0. The van der Waals surface area contributed by atoms with Crippen molar-refractivity contribution in [3.63, 3.8) is 0 Å². The lowest BCUT2D eigenvalue weighted by Crippen LogP contribution is -2.36. The molecule has 0 aliphatic carbocycles.